The zero-order valence-corrected chi connectivity index (χ0v) is 12.4. The third-order valence-electron chi connectivity index (χ3n) is 3.77. The normalized spacial score (nSPS) is 22.2. The number of aliphatic hydroxyl groups is 1. The SMILES string of the molecule is CC(c1cccs1)N(C)C(=O)CN1CCCC(O)C1. The number of likely N-dealkylation sites (tertiary alicyclic amines) is 1. The number of β-amino-alcohol motifs (C(OH)–C–C–N with tert-alkyl or cyclic N) is 1. The predicted molar refractivity (Wildman–Crippen MR) is 77.2 cm³/mol. The van der Waals surface area contributed by atoms with Crippen LogP contribution in [-0.2, 0) is 4.79 Å². The molecule has 1 aromatic rings. The molecular weight excluding hydrogens is 260 g/mol. The maximum Gasteiger partial charge on any atom is 0.237 e. The fraction of sp³-hybridized carbons (Fsp3) is 0.643. The fourth-order valence-corrected chi connectivity index (χ4v) is 3.24. The first-order chi connectivity index (χ1) is 9.08. The van der Waals surface area contributed by atoms with E-state index in [9.17, 15) is 9.90 Å². The molecule has 2 unspecified atom stereocenters. The Labute approximate surface area is 118 Å². The third-order valence-corrected chi connectivity index (χ3v) is 4.81. The third kappa shape index (κ3) is 3.78. The number of hydrogen-bond donors (Lipinski definition) is 1. The number of hydrogen-bond acceptors (Lipinski definition) is 4. The van der Waals surface area contributed by atoms with Crippen LogP contribution in [0.1, 0.15) is 30.7 Å². The highest BCUT2D eigenvalue weighted by Gasteiger charge is 2.23. The first-order valence-corrected chi connectivity index (χ1v) is 7.65. The number of piperidine rings is 1. The van der Waals surface area contributed by atoms with Gasteiger partial charge in [-0.2, -0.15) is 0 Å². The van der Waals surface area contributed by atoms with E-state index in [0.717, 1.165) is 19.4 Å². The van der Waals surface area contributed by atoms with Gasteiger partial charge in [-0.25, -0.2) is 0 Å². The first-order valence-electron chi connectivity index (χ1n) is 6.77. The quantitative estimate of drug-likeness (QED) is 0.914. The number of thiophene rings is 1. The molecule has 2 rings (SSSR count). The summed E-state index contributed by atoms with van der Waals surface area (Å²) in [5, 5.41) is 11.7. The van der Waals surface area contributed by atoms with Crippen LogP contribution >= 0.6 is 11.3 Å². The number of nitrogens with zero attached hydrogens (tertiary/aromatic N) is 2. The lowest BCUT2D eigenvalue weighted by atomic mass is 10.1. The number of carbonyl (C=O) groups excluding carboxylic acids is 1. The zero-order valence-electron chi connectivity index (χ0n) is 11.6. The Hall–Kier alpha value is -0.910. The minimum atomic E-state index is -0.276. The molecule has 1 amide bonds. The van der Waals surface area contributed by atoms with Gasteiger partial charge in [0.25, 0.3) is 0 Å². The van der Waals surface area contributed by atoms with Crippen LogP contribution in [0.25, 0.3) is 0 Å². The molecule has 19 heavy (non-hydrogen) atoms. The van der Waals surface area contributed by atoms with Gasteiger partial charge in [-0.1, -0.05) is 6.07 Å². The summed E-state index contributed by atoms with van der Waals surface area (Å²) in [5.41, 5.74) is 0. The molecule has 0 saturated carbocycles. The van der Waals surface area contributed by atoms with E-state index in [1.54, 1.807) is 16.2 Å². The van der Waals surface area contributed by atoms with Crippen LogP contribution in [0.15, 0.2) is 17.5 Å². The maximum absolute atomic E-state index is 12.3. The summed E-state index contributed by atoms with van der Waals surface area (Å²) in [4.78, 5) is 17.3. The molecule has 0 radical (unpaired) electrons. The minimum absolute atomic E-state index is 0.113. The van der Waals surface area contributed by atoms with E-state index in [1.165, 1.54) is 4.88 Å². The molecule has 1 aliphatic rings. The summed E-state index contributed by atoms with van der Waals surface area (Å²) in [6.07, 6.45) is 1.55. The van der Waals surface area contributed by atoms with Crippen LogP contribution < -0.4 is 0 Å². The van der Waals surface area contributed by atoms with Gasteiger partial charge in [-0.15, -0.1) is 11.3 Å². The largest absolute Gasteiger partial charge is 0.392 e. The standard InChI is InChI=1S/C14H22N2O2S/c1-11(13-6-4-8-19-13)15(2)14(18)10-16-7-3-5-12(17)9-16/h4,6,8,11-12,17H,3,5,7,9-10H2,1-2H3. The second-order valence-electron chi connectivity index (χ2n) is 5.23. The van der Waals surface area contributed by atoms with Gasteiger partial charge in [0.05, 0.1) is 18.7 Å². The molecule has 106 valence electrons. The van der Waals surface area contributed by atoms with Gasteiger partial charge in [-0.3, -0.25) is 9.69 Å². The molecule has 1 aliphatic heterocycles. The lowest BCUT2D eigenvalue weighted by molar-refractivity contribution is -0.133. The summed E-state index contributed by atoms with van der Waals surface area (Å²) in [6.45, 7) is 3.98. The molecule has 2 atom stereocenters. The summed E-state index contributed by atoms with van der Waals surface area (Å²) in [5.74, 6) is 0.120. The molecule has 4 nitrogen and oxygen atoms in total. The highest BCUT2D eigenvalue weighted by molar-refractivity contribution is 7.10. The Balaban J connectivity index is 1.88. The summed E-state index contributed by atoms with van der Waals surface area (Å²) in [7, 11) is 1.85. The monoisotopic (exact) mass is 282 g/mol. The lowest BCUT2D eigenvalue weighted by Crippen LogP contribution is -2.45. The second kappa shape index (κ2) is 6.50. The van der Waals surface area contributed by atoms with Crippen molar-refractivity contribution in [3.05, 3.63) is 22.4 Å². The van der Waals surface area contributed by atoms with Gasteiger partial charge < -0.3 is 10.0 Å². The Morgan fingerprint density at radius 1 is 1.68 bits per heavy atom. The van der Waals surface area contributed by atoms with Crippen LogP contribution in [0.3, 0.4) is 0 Å². The predicted octanol–water partition coefficient (Wildman–Crippen LogP) is 1.72. The van der Waals surface area contributed by atoms with E-state index in [1.807, 2.05) is 23.4 Å². The van der Waals surface area contributed by atoms with Gasteiger partial charge >= 0.3 is 0 Å². The zero-order chi connectivity index (χ0) is 13.8. The molecule has 0 spiro atoms. The van der Waals surface area contributed by atoms with Gasteiger partial charge in [0, 0.05) is 18.5 Å². The van der Waals surface area contributed by atoms with Crippen molar-refractivity contribution < 1.29 is 9.90 Å². The Morgan fingerprint density at radius 3 is 3.11 bits per heavy atom. The van der Waals surface area contributed by atoms with E-state index in [4.69, 9.17) is 0 Å². The number of amides is 1. The van der Waals surface area contributed by atoms with Gasteiger partial charge in [-0.05, 0) is 37.8 Å². The first kappa shape index (κ1) is 14.5. The molecule has 1 N–H and O–H groups in total. The average molecular weight is 282 g/mol. The molecule has 0 bridgehead atoms. The number of likely N-dealkylation sites (N-methyl/N-ethyl adjacent to an activating group) is 1. The van der Waals surface area contributed by atoms with Crippen LogP contribution in [0.4, 0.5) is 0 Å². The Bertz CT molecular complexity index is 408. The van der Waals surface area contributed by atoms with Crippen molar-refractivity contribution in [2.45, 2.75) is 31.9 Å². The van der Waals surface area contributed by atoms with Gasteiger partial charge in [0.2, 0.25) is 5.91 Å². The van der Waals surface area contributed by atoms with Crippen molar-refractivity contribution in [2.24, 2.45) is 0 Å². The van der Waals surface area contributed by atoms with Crippen LogP contribution in [0.2, 0.25) is 0 Å². The molecular formula is C14H22N2O2S. The number of rotatable bonds is 4. The van der Waals surface area contributed by atoms with Crippen LogP contribution in [0, 0.1) is 0 Å². The highest BCUT2D eigenvalue weighted by atomic mass is 32.1. The van der Waals surface area contributed by atoms with Crippen molar-refractivity contribution in [2.75, 3.05) is 26.7 Å². The minimum Gasteiger partial charge on any atom is -0.392 e. The van der Waals surface area contributed by atoms with Crippen molar-refractivity contribution in [3.63, 3.8) is 0 Å². The van der Waals surface area contributed by atoms with Crippen molar-refractivity contribution in [1.82, 2.24) is 9.80 Å². The smallest absolute Gasteiger partial charge is 0.237 e. The van der Waals surface area contributed by atoms with Crippen LogP contribution in [-0.4, -0.2) is 53.6 Å². The summed E-state index contributed by atoms with van der Waals surface area (Å²) >= 11 is 1.68. The molecule has 1 saturated heterocycles. The Morgan fingerprint density at radius 2 is 2.47 bits per heavy atom. The van der Waals surface area contributed by atoms with E-state index in [0.29, 0.717) is 13.1 Å². The van der Waals surface area contributed by atoms with E-state index in [2.05, 4.69) is 13.0 Å². The van der Waals surface area contributed by atoms with E-state index < -0.39 is 0 Å². The van der Waals surface area contributed by atoms with Crippen molar-refractivity contribution in [1.29, 1.82) is 0 Å². The van der Waals surface area contributed by atoms with Gasteiger partial charge in [0.15, 0.2) is 0 Å². The lowest BCUT2D eigenvalue weighted by Gasteiger charge is -2.32. The summed E-state index contributed by atoms with van der Waals surface area (Å²) in [6, 6.07) is 4.18. The van der Waals surface area contributed by atoms with E-state index in [-0.39, 0.29) is 18.1 Å². The number of carbonyl (C=O) groups is 1. The molecule has 1 aromatic heterocycles. The van der Waals surface area contributed by atoms with Crippen LogP contribution in [0.5, 0.6) is 0 Å². The Kier molecular flexibility index (Phi) is 4.96. The molecule has 1 fully saturated rings. The maximum atomic E-state index is 12.3. The molecule has 2 heterocycles. The van der Waals surface area contributed by atoms with E-state index >= 15 is 0 Å². The second-order valence-corrected chi connectivity index (χ2v) is 6.21. The topological polar surface area (TPSA) is 43.8 Å². The molecule has 0 aliphatic carbocycles. The molecule has 0 aromatic carbocycles. The number of aliphatic hydroxyl groups excluding tert-OH is 1. The van der Waals surface area contributed by atoms with Gasteiger partial charge in [0.1, 0.15) is 0 Å². The highest BCUT2D eigenvalue weighted by Crippen LogP contribution is 2.23. The molecule has 5 heteroatoms. The fourth-order valence-electron chi connectivity index (χ4n) is 2.41. The van der Waals surface area contributed by atoms with Crippen molar-refractivity contribution >= 4 is 17.2 Å². The average Bonchev–Trinajstić information content (AvgIpc) is 2.90. The summed E-state index contributed by atoms with van der Waals surface area (Å²) < 4.78 is 0. The van der Waals surface area contributed by atoms with Crippen molar-refractivity contribution in [3.8, 4) is 0 Å².